The van der Waals surface area contributed by atoms with E-state index in [4.69, 9.17) is 0 Å². The van der Waals surface area contributed by atoms with E-state index in [2.05, 4.69) is 10.3 Å². The van der Waals surface area contributed by atoms with Crippen LogP contribution in [0.25, 0.3) is 16.8 Å². The standard InChI is InChI=1S/C19H17F2N3O/c1-2-12-13(4-3-5-15(12)20)11-6-7-18-22-17(10-24(18)9-11)23-19(25)14-8-16(14)21/h3-7,9-10,14,16H,2,8H2,1H3,(H,23,25)/t14-,16+/m1/s1. The molecule has 1 aromatic carbocycles. The molecule has 0 unspecified atom stereocenters. The average Bonchev–Trinajstić information content (AvgIpc) is 3.19. The number of nitrogens with one attached hydrogen (secondary N) is 1. The molecule has 1 amide bonds. The number of aromatic nitrogens is 2. The minimum atomic E-state index is -1.04. The van der Waals surface area contributed by atoms with Gasteiger partial charge in [-0.3, -0.25) is 4.79 Å². The lowest BCUT2D eigenvalue weighted by molar-refractivity contribution is -0.117. The fourth-order valence-corrected chi connectivity index (χ4v) is 3.05. The van der Waals surface area contributed by atoms with Crippen LogP contribution in [0, 0.1) is 11.7 Å². The van der Waals surface area contributed by atoms with Gasteiger partial charge < -0.3 is 9.72 Å². The van der Waals surface area contributed by atoms with Crippen LogP contribution in [-0.2, 0) is 11.2 Å². The molecule has 0 bridgehead atoms. The average molecular weight is 341 g/mol. The van der Waals surface area contributed by atoms with Gasteiger partial charge in [0.15, 0.2) is 5.82 Å². The number of alkyl halides is 1. The zero-order chi connectivity index (χ0) is 17.6. The Bertz CT molecular complexity index is 966. The summed E-state index contributed by atoms with van der Waals surface area (Å²) >= 11 is 0. The van der Waals surface area contributed by atoms with Gasteiger partial charge in [-0.25, -0.2) is 13.8 Å². The summed E-state index contributed by atoms with van der Waals surface area (Å²) in [6.07, 6.45) is 3.36. The molecule has 128 valence electrons. The topological polar surface area (TPSA) is 46.4 Å². The maximum absolute atomic E-state index is 14.0. The quantitative estimate of drug-likeness (QED) is 0.780. The maximum atomic E-state index is 14.0. The van der Waals surface area contributed by atoms with Crippen molar-refractivity contribution in [3.8, 4) is 11.1 Å². The number of nitrogens with zero attached hydrogens (tertiary/aromatic N) is 2. The van der Waals surface area contributed by atoms with Crippen LogP contribution in [0.15, 0.2) is 42.7 Å². The molecule has 1 N–H and O–H groups in total. The molecule has 0 saturated heterocycles. The SMILES string of the molecule is CCc1c(F)cccc1-c1ccc2nc(NC(=O)[C@@H]3C[C@@H]3F)cn2c1. The fourth-order valence-electron chi connectivity index (χ4n) is 3.05. The van der Waals surface area contributed by atoms with Crippen molar-refractivity contribution in [3.05, 3.63) is 54.1 Å². The number of hydrogen-bond acceptors (Lipinski definition) is 2. The molecular weight excluding hydrogens is 324 g/mol. The zero-order valence-electron chi connectivity index (χ0n) is 13.7. The monoisotopic (exact) mass is 341 g/mol. The highest BCUT2D eigenvalue weighted by atomic mass is 19.1. The Morgan fingerprint density at radius 1 is 1.32 bits per heavy atom. The number of halogens is 2. The third kappa shape index (κ3) is 2.88. The zero-order valence-corrected chi connectivity index (χ0v) is 13.7. The highest BCUT2D eigenvalue weighted by molar-refractivity contribution is 5.94. The van der Waals surface area contributed by atoms with E-state index < -0.39 is 12.1 Å². The van der Waals surface area contributed by atoms with E-state index in [-0.39, 0.29) is 18.1 Å². The lowest BCUT2D eigenvalue weighted by atomic mass is 9.99. The second-order valence-corrected chi connectivity index (χ2v) is 6.28. The second-order valence-electron chi connectivity index (χ2n) is 6.28. The number of imidazole rings is 1. The van der Waals surface area contributed by atoms with Crippen LogP contribution in [0.5, 0.6) is 0 Å². The van der Waals surface area contributed by atoms with Crippen LogP contribution in [0.3, 0.4) is 0 Å². The number of benzene rings is 1. The summed E-state index contributed by atoms with van der Waals surface area (Å²) in [7, 11) is 0. The van der Waals surface area contributed by atoms with Gasteiger partial charge in [0.05, 0.1) is 12.1 Å². The molecule has 1 saturated carbocycles. The number of carbonyl (C=O) groups is 1. The van der Waals surface area contributed by atoms with Crippen molar-refractivity contribution in [2.45, 2.75) is 25.9 Å². The molecule has 2 aromatic heterocycles. The Labute approximate surface area is 143 Å². The third-order valence-electron chi connectivity index (χ3n) is 4.54. The predicted molar refractivity (Wildman–Crippen MR) is 91.6 cm³/mol. The van der Waals surface area contributed by atoms with Crippen molar-refractivity contribution in [1.29, 1.82) is 0 Å². The van der Waals surface area contributed by atoms with Gasteiger partial charge in [-0.1, -0.05) is 19.1 Å². The molecule has 1 fully saturated rings. The van der Waals surface area contributed by atoms with Crippen molar-refractivity contribution >= 4 is 17.4 Å². The number of fused-ring (bicyclic) bond motifs is 1. The number of anilines is 1. The Hall–Kier alpha value is -2.76. The van der Waals surface area contributed by atoms with Crippen LogP contribution in [0.4, 0.5) is 14.6 Å². The van der Waals surface area contributed by atoms with Crippen LogP contribution in [0.2, 0.25) is 0 Å². The molecule has 0 aliphatic heterocycles. The highest BCUT2D eigenvalue weighted by Gasteiger charge is 2.43. The predicted octanol–water partition coefficient (Wildman–Crippen LogP) is 4.00. The van der Waals surface area contributed by atoms with Crippen molar-refractivity contribution in [2.75, 3.05) is 5.32 Å². The smallest absolute Gasteiger partial charge is 0.231 e. The van der Waals surface area contributed by atoms with Gasteiger partial charge >= 0.3 is 0 Å². The maximum Gasteiger partial charge on any atom is 0.231 e. The molecule has 25 heavy (non-hydrogen) atoms. The van der Waals surface area contributed by atoms with Gasteiger partial charge in [0.1, 0.15) is 17.6 Å². The summed E-state index contributed by atoms with van der Waals surface area (Å²) < 4.78 is 28.7. The fraction of sp³-hybridized carbons (Fsp3) is 0.263. The molecule has 1 aliphatic rings. The molecule has 6 heteroatoms. The summed E-state index contributed by atoms with van der Waals surface area (Å²) in [6.45, 7) is 1.92. The lowest BCUT2D eigenvalue weighted by Gasteiger charge is -2.09. The first-order valence-electron chi connectivity index (χ1n) is 8.28. The van der Waals surface area contributed by atoms with Gasteiger partial charge in [-0.15, -0.1) is 0 Å². The molecule has 3 aromatic rings. The third-order valence-corrected chi connectivity index (χ3v) is 4.54. The van der Waals surface area contributed by atoms with Gasteiger partial charge in [0.25, 0.3) is 0 Å². The molecule has 2 atom stereocenters. The minimum Gasteiger partial charge on any atom is -0.309 e. The van der Waals surface area contributed by atoms with Crippen LogP contribution in [0.1, 0.15) is 18.9 Å². The van der Waals surface area contributed by atoms with E-state index in [0.29, 0.717) is 23.4 Å². The van der Waals surface area contributed by atoms with Crippen molar-refractivity contribution in [2.24, 2.45) is 5.92 Å². The molecule has 2 heterocycles. The Morgan fingerprint density at radius 2 is 2.12 bits per heavy atom. The van der Waals surface area contributed by atoms with Crippen LogP contribution >= 0.6 is 0 Å². The normalized spacial score (nSPS) is 19.2. The number of amides is 1. The Kier molecular flexibility index (Phi) is 3.75. The van der Waals surface area contributed by atoms with E-state index >= 15 is 0 Å². The molecule has 0 spiro atoms. The number of carbonyl (C=O) groups excluding carboxylic acids is 1. The van der Waals surface area contributed by atoms with E-state index in [0.717, 1.165) is 11.1 Å². The van der Waals surface area contributed by atoms with Crippen molar-refractivity contribution < 1.29 is 13.6 Å². The van der Waals surface area contributed by atoms with E-state index in [9.17, 15) is 13.6 Å². The molecular formula is C19H17F2N3O. The first-order chi connectivity index (χ1) is 12.1. The summed E-state index contributed by atoms with van der Waals surface area (Å²) in [5.41, 5.74) is 3.02. The summed E-state index contributed by atoms with van der Waals surface area (Å²) in [5, 5.41) is 2.64. The first-order valence-corrected chi connectivity index (χ1v) is 8.28. The van der Waals surface area contributed by atoms with E-state index in [1.807, 2.05) is 31.3 Å². The van der Waals surface area contributed by atoms with E-state index in [1.54, 1.807) is 16.7 Å². The molecule has 0 radical (unpaired) electrons. The lowest BCUT2D eigenvalue weighted by Crippen LogP contribution is -2.15. The highest BCUT2D eigenvalue weighted by Crippen LogP contribution is 2.34. The number of rotatable bonds is 4. The minimum absolute atomic E-state index is 0.219. The Balaban J connectivity index is 1.67. The molecule has 4 nitrogen and oxygen atoms in total. The molecule has 4 rings (SSSR count). The van der Waals surface area contributed by atoms with Gasteiger partial charge in [-0.2, -0.15) is 0 Å². The van der Waals surface area contributed by atoms with Crippen molar-refractivity contribution in [3.63, 3.8) is 0 Å². The van der Waals surface area contributed by atoms with Gasteiger partial charge in [0, 0.05) is 6.20 Å². The van der Waals surface area contributed by atoms with Gasteiger partial charge in [-0.05, 0) is 47.7 Å². The van der Waals surface area contributed by atoms with Crippen LogP contribution < -0.4 is 5.32 Å². The first kappa shape index (κ1) is 15.7. The van der Waals surface area contributed by atoms with Gasteiger partial charge in [0.2, 0.25) is 5.91 Å². The second kappa shape index (κ2) is 5.95. The van der Waals surface area contributed by atoms with Crippen molar-refractivity contribution in [1.82, 2.24) is 9.38 Å². The summed E-state index contributed by atoms with van der Waals surface area (Å²) in [5.74, 6) is -0.727. The Morgan fingerprint density at radius 3 is 2.84 bits per heavy atom. The summed E-state index contributed by atoms with van der Waals surface area (Å²) in [6, 6.07) is 8.72. The van der Waals surface area contributed by atoms with Crippen LogP contribution in [-0.4, -0.2) is 21.5 Å². The number of pyridine rings is 1. The largest absolute Gasteiger partial charge is 0.309 e. The number of hydrogen-bond donors (Lipinski definition) is 1. The summed E-state index contributed by atoms with van der Waals surface area (Å²) in [4.78, 5) is 16.1. The molecule has 1 aliphatic carbocycles. The van der Waals surface area contributed by atoms with E-state index in [1.165, 1.54) is 6.07 Å².